The Kier molecular flexibility index (Phi) is 4.80. The topological polar surface area (TPSA) is 80.5 Å². The van der Waals surface area contributed by atoms with Gasteiger partial charge in [-0.25, -0.2) is 4.98 Å². The summed E-state index contributed by atoms with van der Waals surface area (Å²) < 4.78 is 6.05. The zero-order chi connectivity index (χ0) is 18.1. The van der Waals surface area contributed by atoms with Crippen LogP contribution in [-0.2, 0) is 4.74 Å². The van der Waals surface area contributed by atoms with E-state index in [2.05, 4.69) is 15.2 Å². The SMILES string of the molecule is Nc1ccc(C(=O)N[C@@H]2C[C@H]3CO[C@@H](c4ccc(Cl)cc4)CN3C2)cn1. The van der Waals surface area contributed by atoms with E-state index >= 15 is 0 Å². The molecule has 7 heteroatoms. The molecule has 0 spiro atoms. The maximum atomic E-state index is 12.4. The zero-order valence-corrected chi connectivity index (χ0v) is 15.0. The minimum atomic E-state index is -0.113. The molecular weight excluding hydrogens is 352 g/mol. The van der Waals surface area contributed by atoms with Gasteiger partial charge in [-0.2, -0.15) is 0 Å². The Morgan fingerprint density at radius 2 is 2.04 bits per heavy atom. The van der Waals surface area contributed by atoms with Crippen molar-refractivity contribution in [2.45, 2.75) is 24.6 Å². The van der Waals surface area contributed by atoms with Gasteiger partial charge >= 0.3 is 0 Å². The van der Waals surface area contributed by atoms with E-state index in [0.29, 0.717) is 24.0 Å². The van der Waals surface area contributed by atoms with Crippen LogP contribution in [0.15, 0.2) is 42.6 Å². The lowest BCUT2D eigenvalue weighted by Gasteiger charge is -2.35. The number of hydrogen-bond donors (Lipinski definition) is 2. The van der Waals surface area contributed by atoms with E-state index in [1.54, 1.807) is 12.1 Å². The van der Waals surface area contributed by atoms with Gasteiger partial charge in [-0.1, -0.05) is 23.7 Å². The molecule has 2 saturated heterocycles. The van der Waals surface area contributed by atoms with Crippen molar-refractivity contribution in [1.82, 2.24) is 15.2 Å². The number of anilines is 1. The smallest absolute Gasteiger partial charge is 0.253 e. The summed E-state index contributed by atoms with van der Waals surface area (Å²) in [7, 11) is 0. The Balaban J connectivity index is 1.36. The average Bonchev–Trinajstić information content (AvgIpc) is 3.04. The van der Waals surface area contributed by atoms with Gasteiger partial charge in [-0.15, -0.1) is 0 Å². The first-order chi connectivity index (χ1) is 12.6. The number of hydrogen-bond acceptors (Lipinski definition) is 5. The van der Waals surface area contributed by atoms with Crippen LogP contribution in [0.1, 0.15) is 28.4 Å². The fourth-order valence-corrected chi connectivity index (χ4v) is 3.79. The minimum Gasteiger partial charge on any atom is -0.384 e. The Bertz CT molecular complexity index is 781. The third kappa shape index (κ3) is 3.67. The molecule has 0 unspecified atom stereocenters. The Morgan fingerprint density at radius 3 is 2.77 bits per heavy atom. The number of aromatic nitrogens is 1. The number of carbonyl (C=O) groups is 1. The standard InChI is InChI=1S/C19H21ClN4O2/c20-14-4-1-12(2-5-14)17-10-24-9-15(7-16(24)11-26-17)23-19(25)13-3-6-18(21)22-8-13/h1-6,8,15-17H,7,9-11H2,(H2,21,22)(H,23,25)/t15-,16+,17-/m1/s1. The number of fused-ring (bicyclic) bond motifs is 1. The highest BCUT2D eigenvalue weighted by atomic mass is 35.5. The summed E-state index contributed by atoms with van der Waals surface area (Å²) in [5, 5.41) is 3.82. The number of carbonyl (C=O) groups excluding carboxylic acids is 1. The second-order valence-electron chi connectivity index (χ2n) is 6.86. The average molecular weight is 373 g/mol. The number of nitrogens with two attached hydrogens (primary N) is 1. The number of benzene rings is 1. The summed E-state index contributed by atoms with van der Waals surface area (Å²) in [6.45, 7) is 2.32. The summed E-state index contributed by atoms with van der Waals surface area (Å²) in [4.78, 5) is 18.8. The number of nitrogens with one attached hydrogen (secondary N) is 1. The lowest BCUT2D eigenvalue weighted by atomic mass is 10.1. The summed E-state index contributed by atoms with van der Waals surface area (Å²) in [6.07, 6.45) is 2.44. The van der Waals surface area contributed by atoms with Gasteiger partial charge in [0.25, 0.3) is 5.91 Å². The molecule has 26 heavy (non-hydrogen) atoms. The van der Waals surface area contributed by atoms with E-state index < -0.39 is 0 Å². The molecule has 0 saturated carbocycles. The molecule has 3 N–H and O–H groups in total. The van der Waals surface area contributed by atoms with Gasteiger partial charge < -0.3 is 15.8 Å². The number of nitrogens with zero attached hydrogens (tertiary/aromatic N) is 2. The quantitative estimate of drug-likeness (QED) is 0.863. The molecule has 2 aliphatic rings. The van der Waals surface area contributed by atoms with Crippen LogP contribution >= 0.6 is 11.6 Å². The molecule has 3 heterocycles. The first-order valence-corrected chi connectivity index (χ1v) is 9.10. The molecule has 4 rings (SSSR count). The fraction of sp³-hybridized carbons (Fsp3) is 0.368. The highest BCUT2D eigenvalue weighted by molar-refractivity contribution is 6.30. The van der Waals surface area contributed by atoms with Gasteiger partial charge in [0.15, 0.2) is 0 Å². The molecule has 0 radical (unpaired) electrons. The molecule has 1 aromatic carbocycles. The van der Waals surface area contributed by atoms with Crippen LogP contribution in [0.5, 0.6) is 0 Å². The normalized spacial score (nSPS) is 25.7. The van der Waals surface area contributed by atoms with Gasteiger partial charge in [-0.05, 0) is 36.2 Å². The van der Waals surface area contributed by atoms with E-state index in [1.807, 2.05) is 24.3 Å². The summed E-state index contributed by atoms with van der Waals surface area (Å²) in [5.74, 6) is 0.294. The van der Waals surface area contributed by atoms with Crippen LogP contribution < -0.4 is 11.1 Å². The molecule has 6 nitrogen and oxygen atoms in total. The largest absolute Gasteiger partial charge is 0.384 e. The highest BCUT2D eigenvalue weighted by Gasteiger charge is 2.38. The van der Waals surface area contributed by atoms with E-state index in [4.69, 9.17) is 22.1 Å². The number of ether oxygens (including phenoxy) is 1. The molecule has 2 fully saturated rings. The van der Waals surface area contributed by atoms with Gasteiger partial charge in [0.1, 0.15) is 5.82 Å². The van der Waals surface area contributed by atoms with Gasteiger partial charge in [0.05, 0.1) is 18.3 Å². The molecule has 1 amide bonds. The van der Waals surface area contributed by atoms with Crippen molar-refractivity contribution in [1.29, 1.82) is 0 Å². The van der Waals surface area contributed by atoms with E-state index in [-0.39, 0.29) is 18.1 Å². The number of amides is 1. The van der Waals surface area contributed by atoms with E-state index in [0.717, 1.165) is 30.1 Å². The van der Waals surface area contributed by atoms with Gasteiger partial charge in [0.2, 0.25) is 0 Å². The van der Waals surface area contributed by atoms with Crippen LogP contribution in [0.4, 0.5) is 5.82 Å². The number of pyridine rings is 1. The Morgan fingerprint density at radius 1 is 1.23 bits per heavy atom. The van der Waals surface area contributed by atoms with Crippen molar-refractivity contribution in [3.63, 3.8) is 0 Å². The maximum absolute atomic E-state index is 12.4. The zero-order valence-electron chi connectivity index (χ0n) is 14.3. The third-order valence-electron chi connectivity index (χ3n) is 5.04. The molecule has 1 aromatic heterocycles. The molecule has 0 bridgehead atoms. The van der Waals surface area contributed by atoms with Crippen LogP contribution in [-0.4, -0.2) is 47.6 Å². The summed E-state index contributed by atoms with van der Waals surface area (Å²) in [5.41, 5.74) is 7.23. The molecule has 136 valence electrons. The Hall–Kier alpha value is -2.15. The monoisotopic (exact) mass is 372 g/mol. The molecular formula is C19H21ClN4O2. The van der Waals surface area contributed by atoms with Gasteiger partial charge in [-0.3, -0.25) is 9.69 Å². The molecule has 0 aliphatic carbocycles. The summed E-state index contributed by atoms with van der Waals surface area (Å²) in [6, 6.07) is 11.6. The van der Waals surface area contributed by atoms with Gasteiger partial charge in [0, 0.05) is 36.4 Å². The second-order valence-corrected chi connectivity index (χ2v) is 7.30. The van der Waals surface area contributed by atoms with Crippen molar-refractivity contribution in [2.24, 2.45) is 0 Å². The van der Waals surface area contributed by atoms with Crippen LogP contribution in [0.2, 0.25) is 5.02 Å². The molecule has 2 aromatic rings. The lowest BCUT2D eigenvalue weighted by Crippen LogP contribution is -2.43. The third-order valence-corrected chi connectivity index (χ3v) is 5.30. The van der Waals surface area contributed by atoms with Crippen molar-refractivity contribution < 1.29 is 9.53 Å². The van der Waals surface area contributed by atoms with Crippen LogP contribution in [0, 0.1) is 0 Å². The van der Waals surface area contributed by atoms with E-state index in [9.17, 15) is 4.79 Å². The van der Waals surface area contributed by atoms with Crippen LogP contribution in [0.25, 0.3) is 0 Å². The van der Waals surface area contributed by atoms with Crippen molar-refractivity contribution in [2.75, 3.05) is 25.4 Å². The number of nitrogen functional groups attached to an aromatic ring is 1. The fourth-order valence-electron chi connectivity index (χ4n) is 3.67. The number of morpholine rings is 1. The van der Waals surface area contributed by atoms with E-state index in [1.165, 1.54) is 6.20 Å². The second kappa shape index (κ2) is 7.23. The highest BCUT2D eigenvalue weighted by Crippen LogP contribution is 2.30. The Labute approximate surface area is 157 Å². The minimum absolute atomic E-state index is 0.0410. The predicted molar refractivity (Wildman–Crippen MR) is 100 cm³/mol. The molecule has 3 atom stereocenters. The van der Waals surface area contributed by atoms with Crippen molar-refractivity contribution >= 4 is 23.3 Å². The number of rotatable bonds is 3. The van der Waals surface area contributed by atoms with Crippen LogP contribution in [0.3, 0.4) is 0 Å². The molecule has 2 aliphatic heterocycles. The first-order valence-electron chi connectivity index (χ1n) is 8.72. The summed E-state index contributed by atoms with van der Waals surface area (Å²) >= 11 is 5.96. The van der Waals surface area contributed by atoms with Crippen molar-refractivity contribution in [3.05, 3.63) is 58.7 Å². The first kappa shape index (κ1) is 17.3. The number of halogens is 1. The van der Waals surface area contributed by atoms with Crippen molar-refractivity contribution in [3.8, 4) is 0 Å². The maximum Gasteiger partial charge on any atom is 0.253 e. The lowest BCUT2D eigenvalue weighted by molar-refractivity contribution is -0.0502. The predicted octanol–water partition coefficient (Wildman–Crippen LogP) is 2.26.